The Morgan fingerprint density at radius 3 is 1.81 bits per heavy atom. The van der Waals surface area contributed by atoms with E-state index in [1.165, 1.54) is 24.0 Å². The molecule has 0 unspecified atom stereocenters. The maximum atomic E-state index is 11.8. The number of fused-ring (bicyclic) bond motifs is 2. The van der Waals surface area contributed by atoms with E-state index in [4.69, 9.17) is 37.4 Å². The van der Waals surface area contributed by atoms with Gasteiger partial charge in [0, 0.05) is 5.56 Å². The predicted molar refractivity (Wildman–Crippen MR) is 155 cm³/mol. The van der Waals surface area contributed by atoms with Crippen molar-refractivity contribution in [3.8, 4) is 11.8 Å². The van der Waals surface area contributed by atoms with Crippen LogP contribution in [0.15, 0.2) is 85.5 Å². The number of aliphatic hydroxyl groups is 1. The molecule has 0 aliphatic carbocycles. The van der Waals surface area contributed by atoms with Crippen molar-refractivity contribution in [2.24, 2.45) is 0 Å². The smallest absolute Gasteiger partial charge is 0.341 e. The minimum absolute atomic E-state index is 0.130. The molecule has 6 rings (SSSR count). The fourth-order valence-corrected chi connectivity index (χ4v) is 4.33. The highest BCUT2D eigenvalue weighted by atomic mass is 35.5. The fraction of sp³-hybridized carbons (Fsp3) is 0.138. The molecule has 0 saturated heterocycles. The Kier molecular flexibility index (Phi) is 9.12. The Morgan fingerprint density at radius 1 is 0.786 bits per heavy atom. The van der Waals surface area contributed by atoms with Crippen molar-refractivity contribution in [1.82, 2.24) is 29.2 Å². The Labute approximate surface area is 249 Å². The molecule has 0 aliphatic rings. The first kappa shape index (κ1) is 28.8. The lowest BCUT2D eigenvalue weighted by molar-refractivity contribution is 0.0602. The van der Waals surface area contributed by atoms with Crippen molar-refractivity contribution >= 4 is 40.2 Å². The minimum Gasteiger partial charge on any atom is -0.471 e. The molecule has 0 amide bonds. The second-order valence-electron chi connectivity index (χ2n) is 8.75. The summed E-state index contributed by atoms with van der Waals surface area (Å²) in [6.45, 7) is 0.546. The van der Waals surface area contributed by atoms with Crippen molar-refractivity contribution in [3.05, 3.63) is 118 Å². The molecule has 13 heteroatoms. The average Bonchev–Trinajstić information content (AvgIpc) is 3.64. The van der Waals surface area contributed by atoms with Crippen LogP contribution in [0.5, 0.6) is 11.8 Å². The molecule has 42 heavy (non-hydrogen) atoms. The zero-order valence-corrected chi connectivity index (χ0v) is 23.7. The number of halogens is 2. The van der Waals surface area contributed by atoms with E-state index < -0.39 is 5.97 Å². The van der Waals surface area contributed by atoms with Gasteiger partial charge >= 0.3 is 5.97 Å². The zero-order chi connectivity index (χ0) is 29.5. The first-order valence-electron chi connectivity index (χ1n) is 12.6. The lowest BCUT2D eigenvalue weighted by atomic mass is 10.2. The van der Waals surface area contributed by atoms with Gasteiger partial charge in [0.15, 0.2) is 10.3 Å². The number of esters is 1. The minimum atomic E-state index is -0.510. The van der Waals surface area contributed by atoms with E-state index in [0.29, 0.717) is 35.7 Å². The summed E-state index contributed by atoms with van der Waals surface area (Å²) in [7, 11) is 1.31. The normalized spacial score (nSPS) is 10.8. The predicted octanol–water partition coefficient (Wildman–Crippen LogP) is 5.20. The van der Waals surface area contributed by atoms with Gasteiger partial charge in [0.1, 0.15) is 29.8 Å². The molecule has 0 bridgehead atoms. The molecule has 11 nitrogen and oxygen atoms in total. The van der Waals surface area contributed by atoms with E-state index in [9.17, 15) is 9.90 Å². The maximum Gasteiger partial charge on any atom is 0.341 e. The quantitative estimate of drug-likeness (QED) is 0.232. The number of carbonyl (C=O) groups is 1. The van der Waals surface area contributed by atoms with E-state index in [0.717, 1.165) is 11.1 Å². The van der Waals surface area contributed by atoms with Crippen LogP contribution >= 0.6 is 23.2 Å². The van der Waals surface area contributed by atoms with Crippen LogP contribution in [-0.2, 0) is 24.6 Å². The molecular formula is C29H24Cl2N6O5. The molecule has 4 heterocycles. The number of nitrogens with zero attached hydrogens (tertiary/aromatic N) is 6. The van der Waals surface area contributed by atoms with Gasteiger partial charge in [0.05, 0.1) is 38.5 Å². The highest BCUT2D eigenvalue weighted by molar-refractivity contribution is 6.29. The average molecular weight is 607 g/mol. The Morgan fingerprint density at radius 2 is 1.29 bits per heavy atom. The third kappa shape index (κ3) is 6.60. The van der Waals surface area contributed by atoms with Crippen molar-refractivity contribution in [1.29, 1.82) is 0 Å². The van der Waals surface area contributed by atoms with Crippen molar-refractivity contribution < 1.29 is 24.1 Å². The van der Waals surface area contributed by atoms with Crippen LogP contribution < -0.4 is 9.47 Å². The summed E-state index contributed by atoms with van der Waals surface area (Å²) in [6, 6.07) is 19.4. The van der Waals surface area contributed by atoms with Crippen LogP contribution in [0.25, 0.3) is 11.0 Å². The van der Waals surface area contributed by atoms with Gasteiger partial charge < -0.3 is 19.3 Å². The summed E-state index contributed by atoms with van der Waals surface area (Å²) in [5.74, 6) is 0.0841. The van der Waals surface area contributed by atoms with Gasteiger partial charge in [-0.3, -0.25) is 0 Å². The highest BCUT2D eigenvalue weighted by Gasteiger charge is 2.19. The first-order chi connectivity index (χ1) is 20.5. The van der Waals surface area contributed by atoms with Crippen LogP contribution in [0.4, 0.5) is 0 Å². The van der Waals surface area contributed by atoms with Crippen molar-refractivity contribution in [2.45, 2.75) is 19.8 Å². The van der Waals surface area contributed by atoms with E-state index >= 15 is 0 Å². The Bertz CT molecular complexity index is 1810. The number of carbonyl (C=O) groups excluding carboxylic acids is 1. The number of aromatic nitrogens is 6. The van der Waals surface area contributed by atoms with E-state index in [1.54, 1.807) is 16.9 Å². The molecule has 0 fully saturated rings. The van der Waals surface area contributed by atoms with Crippen molar-refractivity contribution in [3.63, 3.8) is 0 Å². The third-order valence-corrected chi connectivity index (χ3v) is 6.32. The first-order valence-corrected chi connectivity index (χ1v) is 13.3. The van der Waals surface area contributed by atoms with Crippen LogP contribution in [0.2, 0.25) is 10.3 Å². The molecule has 0 aliphatic heterocycles. The van der Waals surface area contributed by atoms with Crippen LogP contribution in [0.3, 0.4) is 0 Å². The molecule has 214 valence electrons. The summed E-state index contributed by atoms with van der Waals surface area (Å²) in [6.07, 6.45) is 6.04. The Balaban J connectivity index is 0.000000169. The highest BCUT2D eigenvalue weighted by Crippen LogP contribution is 2.26. The molecule has 1 N–H and O–H groups in total. The lowest BCUT2D eigenvalue weighted by Crippen LogP contribution is -2.05. The van der Waals surface area contributed by atoms with Gasteiger partial charge in [-0.2, -0.15) is 20.2 Å². The van der Waals surface area contributed by atoms with Gasteiger partial charge in [-0.15, -0.1) is 0 Å². The van der Waals surface area contributed by atoms with Gasteiger partial charge in [-0.05, 0) is 11.1 Å². The molecular weight excluding hydrogens is 583 g/mol. The molecule has 0 saturated carbocycles. The largest absolute Gasteiger partial charge is 0.471 e. The van der Waals surface area contributed by atoms with Crippen molar-refractivity contribution in [2.75, 3.05) is 7.11 Å². The SMILES string of the molecule is COC(=O)c1cnn2cc(Cl)nc(OCc3ccccc3)c12.OCc1cnn2cc(Cl)nc(OCc3ccccc3)c12. The van der Waals surface area contributed by atoms with Crippen LogP contribution in [-0.4, -0.2) is 47.4 Å². The Hall–Kier alpha value is -4.71. The molecule has 2 aromatic carbocycles. The summed E-state index contributed by atoms with van der Waals surface area (Å²) >= 11 is 11.9. The lowest BCUT2D eigenvalue weighted by Gasteiger charge is -2.08. The summed E-state index contributed by atoms with van der Waals surface area (Å²) in [4.78, 5) is 20.1. The van der Waals surface area contributed by atoms with Gasteiger partial charge in [0.2, 0.25) is 11.8 Å². The number of benzene rings is 2. The number of ether oxygens (including phenoxy) is 3. The van der Waals surface area contributed by atoms with Gasteiger partial charge in [0.25, 0.3) is 0 Å². The van der Waals surface area contributed by atoms with Crippen LogP contribution in [0.1, 0.15) is 27.0 Å². The zero-order valence-electron chi connectivity index (χ0n) is 22.2. The number of hydrogen-bond acceptors (Lipinski definition) is 9. The second kappa shape index (κ2) is 13.3. The second-order valence-corrected chi connectivity index (χ2v) is 9.52. The third-order valence-electron chi connectivity index (χ3n) is 5.96. The van der Waals surface area contributed by atoms with Crippen LogP contribution in [0, 0.1) is 0 Å². The molecule has 4 aromatic heterocycles. The molecule has 6 aromatic rings. The topological polar surface area (TPSA) is 125 Å². The summed E-state index contributed by atoms with van der Waals surface area (Å²) < 4.78 is 19.2. The fourth-order valence-electron chi connectivity index (χ4n) is 3.99. The van der Waals surface area contributed by atoms with Gasteiger partial charge in [-0.1, -0.05) is 83.9 Å². The van der Waals surface area contributed by atoms with E-state index in [-0.39, 0.29) is 28.4 Å². The number of hydrogen-bond donors (Lipinski definition) is 1. The van der Waals surface area contributed by atoms with E-state index in [2.05, 4.69) is 20.2 Å². The van der Waals surface area contributed by atoms with Gasteiger partial charge in [-0.25, -0.2) is 13.8 Å². The summed E-state index contributed by atoms with van der Waals surface area (Å²) in [5.41, 5.74) is 3.98. The summed E-state index contributed by atoms with van der Waals surface area (Å²) in [5, 5.41) is 18.0. The number of rotatable bonds is 8. The monoisotopic (exact) mass is 606 g/mol. The maximum absolute atomic E-state index is 11.8. The molecule has 0 spiro atoms. The molecule has 0 radical (unpaired) electrons. The number of methoxy groups -OCH3 is 1. The number of aliphatic hydroxyl groups excluding tert-OH is 1. The van der Waals surface area contributed by atoms with E-state index in [1.807, 2.05) is 60.7 Å². The molecule has 0 atom stereocenters. The standard InChI is InChI=1S/C15H12ClN3O3.C14H12ClN3O2/c1-21-15(20)11-7-17-19-8-12(16)18-14(13(11)19)22-9-10-5-3-2-4-6-10;15-12-7-18-13(11(8-19)6-16-18)14(17-12)20-9-10-4-2-1-3-5-10/h2-8H,9H2,1H3;1-7,19H,8-9H2.